The minimum atomic E-state index is -2.46. The van der Waals surface area contributed by atoms with Gasteiger partial charge in [-0.05, 0) is 40.0 Å². The lowest BCUT2D eigenvalue weighted by atomic mass is 9.97. The number of rotatable bonds is 7. The van der Waals surface area contributed by atoms with Crippen LogP contribution in [0.5, 0.6) is 0 Å². The Labute approximate surface area is 105 Å². The van der Waals surface area contributed by atoms with Crippen LogP contribution in [0.25, 0.3) is 0 Å². The third kappa shape index (κ3) is 8.15. The third-order valence-electron chi connectivity index (χ3n) is 2.25. The van der Waals surface area contributed by atoms with Crippen LogP contribution in [0.4, 0.5) is 0 Å². The Bertz CT molecular complexity index is 299. The average Bonchev–Trinajstić information content (AvgIpc) is 2.20. The highest BCUT2D eigenvalue weighted by Gasteiger charge is 2.22. The third-order valence-corrected chi connectivity index (χ3v) is 3.01. The second kappa shape index (κ2) is 7.66. The van der Waals surface area contributed by atoms with Crippen LogP contribution in [-0.4, -0.2) is 38.9 Å². The summed E-state index contributed by atoms with van der Waals surface area (Å²) >= 11 is 0. The van der Waals surface area contributed by atoms with E-state index in [2.05, 4.69) is 0 Å². The van der Waals surface area contributed by atoms with Crippen molar-refractivity contribution in [1.82, 2.24) is 4.31 Å². The van der Waals surface area contributed by atoms with Crippen LogP contribution < -0.4 is 0 Å². The van der Waals surface area contributed by atoms with Gasteiger partial charge >= 0.3 is 5.97 Å². The van der Waals surface area contributed by atoms with Gasteiger partial charge in [0.25, 0.3) is 0 Å². The van der Waals surface area contributed by atoms with E-state index < -0.39 is 16.3 Å². The van der Waals surface area contributed by atoms with E-state index in [4.69, 9.17) is 4.74 Å². The molecule has 0 aromatic carbocycles. The number of carbonyl (C=O) groups is 1. The summed E-state index contributed by atoms with van der Waals surface area (Å²) in [4.78, 5) is 11.4. The highest BCUT2D eigenvalue weighted by atomic mass is 32.2. The van der Waals surface area contributed by atoms with Crippen molar-refractivity contribution in [2.24, 2.45) is 5.41 Å². The molecule has 102 valence electrons. The summed E-state index contributed by atoms with van der Waals surface area (Å²) in [5.74, 6) is -0.197. The Morgan fingerprint density at radius 3 is 2.24 bits per heavy atom. The first kappa shape index (κ1) is 16.4. The zero-order valence-electron chi connectivity index (χ0n) is 11.1. The maximum absolute atomic E-state index is 11.4. The number of unbranched alkanes of at least 4 members (excludes halogenated alkanes) is 2. The quantitative estimate of drug-likeness (QED) is 0.427. The second-order valence-corrected chi connectivity index (χ2v) is 6.22. The zero-order chi connectivity index (χ0) is 13.5. The van der Waals surface area contributed by atoms with E-state index in [0.717, 1.165) is 19.3 Å². The molecule has 0 unspecified atom stereocenters. The summed E-state index contributed by atoms with van der Waals surface area (Å²) in [6.07, 6.45) is 2.41. The fourth-order valence-electron chi connectivity index (χ4n) is 1.08. The number of hydrogen-bond acceptors (Lipinski definition) is 4. The summed E-state index contributed by atoms with van der Waals surface area (Å²) < 4.78 is 27.4. The van der Waals surface area contributed by atoms with Crippen molar-refractivity contribution in [3.05, 3.63) is 0 Å². The molecule has 0 aromatic heterocycles. The van der Waals surface area contributed by atoms with Crippen LogP contribution in [0.1, 0.15) is 40.0 Å². The molecule has 0 spiro atoms. The molecular formula is C11H23NO4S. The predicted octanol–water partition coefficient (Wildman–Crippen LogP) is 1.20. The van der Waals surface area contributed by atoms with E-state index >= 15 is 0 Å². The van der Waals surface area contributed by atoms with Gasteiger partial charge in [0.1, 0.15) is 0 Å². The van der Waals surface area contributed by atoms with Gasteiger partial charge in [0.15, 0.2) is 0 Å². The molecule has 0 aliphatic heterocycles. The molecule has 6 heteroatoms. The first-order chi connectivity index (χ1) is 7.75. The molecule has 0 aliphatic rings. The number of esters is 1. The van der Waals surface area contributed by atoms with Crippen LogP contribution in [0, 0.1) is 5.41 Å². The molecule has 5 nitrogen and oxygen atoms in total. The first-order valence-corrected chi connectivity index (χ1v) is 6.91. The van der Waals surface area contributed by atoms with Crippen molar-refractivity contribution in [2.75, 3.05) is 20.2 Å². The lowest BCUT2D eigenvalue weighted by Gasteiger charge is -2.16. The Morgan fingerprint density at radius 1 is 1.18 bits per heavy atom. The summed E-state index contributed by atoms with van der Waals surface area (Å²) in [5.41, 5.74) is -0.457. The van der Waals surface area contributed by atoms with Crippen LogP contribution >= 0.6 is 0 Å². The minimum Gasteiger partial charge on any atom is -0.465 e. The maximum atomic E-state index is 11.4. The summed E-state index contributed by atoms with van der Waals surface area (Å²) in [6, 6.07) is 0. The van der Waals surface area contributed by atoms with Gasteiger partial charge in [0.05, 0.1) is 12.0 Å². The first-order valence-electron chi connectivity index (χ1n) is 5.78. The van der Waals surface area contributed by atoms with Crippen LogP contribution in [0.2, 0.25) is 0 Å². The number of nitrogens with zero attached hydrogens (tertiary/aromatic N) is 1. The fourth-order valence-corrected chi connectivity index (χ4v) is 1.39. The van der Waals surface area contributed by atoms with E-state index in [1.165, 1.54) is 4.31 Å². The summed E-state index contributed by atoms with van der Waals surface area (Å²) in [6.45, 7) is 6.37. The Morgan fingerprint density at radius 2 is 1.76 bits per heavy atom. The standard InChI is InChI=1S/C11H23NO4S/c1-11(2,3)10(13)16-9-7-5-6-8-12(4)17(14)15/h17H,5-9H2,1-4H3. The Hall–Kier alpha value is -0.620. The van der Waals surface area contributed by atoms with Crippen molar-refractivity contribution in [3.8, 4) is 0 Å². The van der Waals surface area contributed by atoms with Gasteiger partial charge in [-0.2, -0.15) is 0 Å². The Balaban J connectivity index is 3.51. The SMILES string of the molecule is CN(CCCCCOC(=O)C(C)(C)C)[SH](=O)=O. The molecular weight excluding hydrogens is 242 g/mol. The van der Waals surface area contributed by atoms with Crippen molar-refractivity contribution in [2.45, 2.75) is 40.0 Å². The molecule has 0 N–H and O–H groups in total. The highest BCUT2D eigenvalue weighted by Crippen LogP contribution is 2.15. The van der Waals surface area contributed by atoms with Gasteiger partial charge < -0.3 is 4.74 Å². The van der Waals surface area contributed by atoms with Gasteiger partial charge in [0, 0.05) is 13.6 Å². The van der Waals surface area contributed by atoms with E-state index in [1.807, 2.05) is 20.8 Å². The molecule has 0 saturated carbocycles. The molecule has 0 aliphatic carbocycles. The monoisotopic (exact) mass is 265 g/mol. The summed E-state index contributed by atoms with van der Waals surface area (Å²) in [5, 5.41) is 0. The molecule has 0 heterocycles. The topological polar surface area (TPSA) is 63.7 Å². The van der Waals surface area contributed by atoms with Gasteiger partial charge in [-0.25, -0.2) is 12.7 Å². The second-order valence-electron chi connectivity index (χ2n) is 5.07. The number of thiol groups is 1. The molecule has 0 radical (unpaired) electrons. The average molecular weight is 265 g/mol. The van der Waals surface area contributed by atoms with Gasteiger partial charge in [-0.15, -0.1) is 0 Å². The smallest absolute Gasteiger partial charge is 0.311 e. The molecule has 0 bridgehead atoms. The Kier molecular flexibility index (Phi) is 7.38. The van der Waals surface area contributed by atoms with Crippen molar-refractivity contribution in [1.29, 1.82) is 0 Å². The minimum absolute atomic E-state index is 0.197. The van der Waals surface area contributed by atoms with E-state index in [1.54, 1.807) is 7.05 Å². The molecule has 0 rings (SSSR count). The number of carbonyl (C=O) groups excluding carboxylic acids is 1. The molecule has 0 saturated heterocycles. The van der Waals surface area contributed by atoms with Crippen molar-refractivity contribution < 1.29 is 17.9 Å². The summed E-state index contributed by atoms with van der Waals surface area (Å²) in [7, 11) is -0.917. The van der Waals surface area contributed by atoms with Gasteiger partial charge in [-0.1, -0.05) is 0 Å². The predicted molar refractivity (Wildman–Crippen MR) is 67.2 cm³/mol. The van der Waals surface area contributed by atoms with Gasteiger partial charge in [-0.3, -0.25) is 4.79 Å². The maximum Gasteiger partial charge on any atom is 0.311 e. The van der Waals surface area contributed by atoms with Crippen molar-refractivity contribution in [3.63, 3.8) is 0 Å². The van der Waals surface area contributed by atoms with E-state index in [-0.39, 0.29) is 5.97 Å². The van der Waals surface area contributed by atoms with Crippen molar-refractivity contribution >= 4 is 16.9 Å². The molecule has 0 atom stereocenters. The molecule has 17 heavy (non-hydrogen) atoms. The van der Waals surface area contributed by atoms with E-state index in [9.17, 15) is 13.2 Å². The van der Waals surface area contributed by atoms with Crippen LogP contribution in [0.3, 0.4) is 0 Å². The van der Waals surface area contributed by atoms with Crippen LogP contribution in [0.15, 0.2) is 0 Å². The van der Waals surface area contributed by atoms with Crippen LogP contribution in [-0.2, 0) is 20.4 Å². The number of hydrogen-bond donors (Lipinski definition) is 1. The molecule has 0 aromatic rings. The zero-order valence-corrected chi connectivity index (χ0v) is 12.0. The number of ether oxygens (including phenoxy) is 1. The lowest BCUT2D eigenvalue weighted by molar-refractivity contribution is -0.153. The van der Waals surface area contributed by atoms with Gasteiger partial charge in [0.2, 0.25) is 10.9 Å². The largest absolute Gasteiger partial charge is 0.465 e. The molecule has 0 amide bonds. The fraction of sp³-hybridized carbons (Fsp3) is 0.909. The highest BCUT2D eigenvalue weighted by molar-refractivity contribution is 7.69. The normalized spacial score (nSPS) is 12.1. The van der Waals surface area contributed by atoms with E-state index in [0.29, 0.717) is 13.2 Å². The molecule has 0 fully saturated rings. The lowest BCUT2D eigenvalue weighted by Crippen LogP contribution is -2.23.